The highest BCUT2D eigenvalue weighted by Gasteiger charge is 2.17. The van der Waals surface area contributed by atoms with E-state index in [0.29, 0.717) is 24.2 Å². The minimum Gasteiger partial charge on any atom is -0.461 e. The molecule has 4 heterocycles. The van der Waals surface area contributed by atoms with Crippen molar-refractivity contribution in [1.29, 1.82) is 0 Å². The number of Topliss-reactive ketones (excluding diaryl/α,β-unsaturated/α-hetero) is 1. The van der Waals surface area contributed by atoms with Crippen LogP contribution in [0.2, 0.25) is 0 Å². The summed E-state index contributed by atoms with van der Waals surface area (Å²) in [7, 11) is 1.81. The summed E-state index contributed by atoms with van der Waals surface area (Å²) in [5, 5.41) is 5.12. The summed E-state index contributed by atoms with van der Waals surface area (Å²) in [6, 6.07) is 13.9. The molecule has 0 saturated heterocycles. The van der Waals surface area contributed by atoms with Crippen molar-refractivity contribution >= 4 is 16.8 Å². The Balaban J connectivity index is 1.33. The molecule has 5 rings (SSSR count). The first kappa shape index (κ1) is 23.4. The standard InChI is InChI=1S/C28H27N5O3/c1-32-18-22(16-31-32)26-17-30-25(9-5-8-20-6-3-2-4-7-20)28(35)33(26)19-23(34)10-11-24-14-21-15-29-13-12-27(21)36-24/h2-4,6-7,12-18H,5,8-11,19H2,1H3. The number of carbonyl (C=O) groups excluding carboxylic acids is 1. The third-order valence-corrected chi connectivity index (χ3v) is 6.20. The van der Waals surface area contributed by atoms with Gasteiger partial charge in [0.05, 0.1) is 24.6 Å². The van der Waals surface area contributed by atoms with E-state index in [4.69, 9.17) is 4.42 Å². The molecular formula is C28H27N5O3. The van der Waals surface area contributed by atoms with E-state index in [1.165, 1.54) is 10.1 Å². The highest BCUT2D eigenvalue weighted by Crippen LogP contribution is 2.20. The summed E-state index contributed by atoms with van der Waals surface area (Å²) in [5.41, 5.74) is 3.54. The Bertz CT molecular complexity index is 1520. The molecule has 8 nitrogen and oxygen atoms in total. The topological polar surface area (TPSA) is 95.8 Å². The summed E-state index contributed by atoms with van der Waals surface area (Å²) < 4.78 is 9.00. The van der Waals surface area contributed by atoms with Crippen molar-refractivity contribution in [2.45, 2.75) is 38.6 Å². The van der Waals surface area contributed by atoms with Gasteiger partial charge in [0.1, 0.15) is 17.0 Å². The second-order valence-electron chi connectivity index (χ2n) is 8.89. The van der Waals surface area contributed by atoms with Gasteiger partial charge in [0.2, 0.25) is 0 Å². The van der Waals surface area contributed by atoms with Crippen LogP contribution in [0, 0.1) is 0 Å². The zero-order chi connectivity index (χ0) is 24.9. The maximum Gasteiger partial charge on any atom is 0.273 e. The summed E-state index contributed by atoms with van der Waals surface area (Å²) in [5.74, 6) is 0.671. The second kappa shape index (κ2) is 10.5. The number of ketones is 1. The van der Waals surface area contributed by atoms with Crippen LogP contribution in [-0.2, 0) is 37.6 Å². The van der Waals surface area contributed by atoms with Gasteiger partial charge in [-0.2, -0.15) is 5.10 Å². The number of rotatable bonds is 10. The fourth-order valence-electron chi connectivity index (χ4n) is 4.33. The zero-order valence-electron chi connectivity index (χ0n) is 20.1. The molecule has 4 aromatic heterocycles. The Kier molecular flexibility index (Phi) is 6.84. The number of benzene rings is 1. The van der Waals surface area contributed by atoms with Crippen molar-refractivity contribution in [2.75, 3.05) is 0 Å². The lowest BCUT2D eigenvalue weighted by molar-refractivity contribution is -0.119. The van der Waals surface area contributed by atoms with Gasteiger partial charge in [-0.1, -0.05) is 30.3 Å². The molecule has 0 atom stereocenters. The number of nitrogens with zero attached hydrogens (tertiary/aromatic N) is 5. The van der Waals surface area contributed by atoms with E-state index in [1.807, 2.05) is 37.5 Å². The lowest BCUT2D eigenvalue weighted by Crippen LogP contribution is -2.29. The van der Waals surface area contributed by atoms with Gasteiger partial charge in [0.15, 0.2) is 5.78 Å². The first-order valence-corrected chi connectivity index (χ1v) is 12.0. The van der Waals surface area contributed by atoms with E-state index in [2.05, 4.69) is 27.2 Å². The summed E-state index contributed by atoms with van der Waals surface area (Å²) in [6.45, 7) is -0.0287. The van der Waals surface area contributed by atoms with Gasteiger partial charge in [-0.25, -0.2) is 0 Å². The molecule has 0 fully saturated rings. The van der Waals surface area contributed by atoms with Crippen LogP contribution in [0.1, 0.15) is 29.9 Å². The number of furan rings is 1. The third kappa shape index (κ3) is 5.33. The molecule has 182 valence electrons. The van der Waals surface area contributed by atoms with Gasteiger partial charge in [-0.15, -0.1) is 0 Å². The van der Waals surface area contributed by atoms with Crippen LogP contribution in [-0.4, -0.2) is 30.1 Å². The summed E-state index contributed by atoms with van der Waals surface area (Å²) in [6.07, 6.45) is 11.5. The van der Waals surface area contributed by atoms with E-state index in [1.54, 1.807) is 35.5 Å². The van der Waals surface area contributed by atoms with Crippen LogP contribution in [0.25, 0.3) is 22.2 Å². The second-order valence-corrected chi connectivity index (χ2v) is 8.89. The highest BCUT2D eigenvalue weighted by molar-refractivity contribution is 5.80. The molecule has 36 heavy (non-hydrogen) atoms. The lowest BCUT2D eigenvalue weighted by atomic mass is 10.1. The van der Waals surface area contributed by atoms with Crippen LogP contribution in [0.4, 0.5) is 0 Å². The molecular weight excluding hydrogens is 454 g/mol. The fourth-order valence-corrected chi connectivity index (χ4v) is 4.33. The first-order valence-electron chi connectivity index (χ1n) is 12.0. The number of hydrogen-bond acceptors (Lipinski definition) is 6. The zero-order valence-corrected chi connectivity index (χ0v) is 20.1. The third-order valence-electron chi connectivity index (χ3n) is 6.20. The van der Waals surface area contributed by atoms with Gasteiger partial charge in [0, 0.05) is 49.4 Å². The number of aromatic nitrogens is 5. The van der Waals surface area contributed by atoms with Crippen molar-refractivity contribution in [1.82, 2.24) is 24.3 Å². The van der Waals surface area contributed by atoms with Crippen molar-refractivity contribution < 1.29 is 9.21 Å². The average Bonchev–Trinajstić information content (AvgIpc) is 3.51. The maximum atomic E-state index is 13.4. The molecule has 0 amide bonds. The van der Waals surface area contributed by atoms with Crippen molar-refractivity contribution in [3.8, 4) is 11.3 Å². The van der Waals surface area contributed by atoms with Crippen LogP contribution >= 0.6 is 0 Å². The molecule has 0 aliphatic carbocycles. The van der Waals surface area contributed by atoms with E-state index < -0.39 is 0 Å². The number of pyridine rings is 1. The van der Waals surface area contributed by atoms with E-state index in [-0.39, 0.29) is 24.3 Å². The normalized spacial score (nSPS) is 11.2. The van der Waals surface area contributed by atoms with Gasteiger partial charge < -0.3 is 4.42 Å². The number of fused-ring (bicyclic) bond motifs is 1. The van der Waals surface area contributed by atoms with Gasteiger partial charge >= 0.3 is 0 Å². The van der Waals surface area contributed by atoms with Crippen molar-refractivity contribution in [2.24, 2.45) is 7.05 Å². The van der Waals surface area contributed by atoms with Crippen LogP contribution in [0.5, 0.6) is 0 Å². The molecule has 5 aromatic rings. The first-order chi connectivity index (χ1) is 17.6. The molecule has 1 aromatic carbocycles. The Hall–Kier alpha value is -4.33. The number of hydrogen-bond donors (Lipinski definition) is 0. The summed E-state index contributed by atoms with van der Waals surface area (Å²) >= 11 is 0. The molecule has 0 saturated carbocycles. The average molecular weight is 482 g/mol. The Morgan fingerprint density at radius 3 is 2.67 bits per heavy atom. The van der Waals surface area contributed by atoms with Gasteiger partial charge in [-0.05, 0) is 37.0 Å². The quantitative estimate of drug-likeness (QED) is 0.297. The molecule has 8 heteroatoms. The highest BCUT2D eigenvalue weighted by atomic mass is 16.3. The van der Waals surface area contributed by atoms with Crippen LogP contribution in [0.3, 0.4) is 0 Å². The van der Waals surface area contributed by atoms with Crippen molar-refractivity contribution in [3.63, 3.8) is 0 Å². The molecule has 0 spiro atoms. The monoisotopic (exact) mass is 481 g/mol. The molecule has 0 radical (unpaired) electrons. The molecule has 0 N–H and O–H groups in total. The molecule has 0 unspecified atom stereocenters. The molecule has 0 bridgehead atoms. The maximum absolute atomic E-state index is 13.4. The smallest absolute Gasteiger partial charge is 0.273 e. The molecule has 0 aliphatic rings. The Morgan fingerprint density at radius 1 is 1.03 bits per heavy atom. The van der Waals surface area contributed by atoms with Crippen molar-refractivity contribution in [3.05, 3.63) is 101 Å². The van der Waals surface area contributed by atoms with Crippen LogP contribution in [0.15, 0.2) is 82.7 Å². The number of aryl methyl sites for hydroxylation is 4. The molecule has 0 aliphatic heterocycles. The summed E-state index contributed by atoms with van der Waals surface area (Å²) in [4.78, 5) is 35.0. The Labute approximate surface area is 208 Å². The SMILES string of the molecule is Cn1cc(-c2cnc(CCCc3ccccc3)c(=O)n2CC(=O)CCc2cc3cnccc3o2)cn1. The van der Waals surface area contributed by atoms with Gasteiger partial charge in [-0.3, -0.25) is 28.8 Å². The minimum absolute atomic E-state index is 0.0287. The number of carbonyl (C=O) groups is 1. The predicted molar refractivity (Wildman–Crippen MR) is 137 cm³/mol. The van der Waals surface area contributed by atoms with E-state index >= 15 is 0 Å². The van der Waals surface area contributed by atoms with E-state index in [9.17, 15) is 9.59 Å². The lowest BCUT2D eigenvalue weighted by Gasteiger charge is -2.13. The van der Waals surface area contributed by atoms with Crippen LogP contribution < -0.4 is 5.56 Å². The Morgan fingerprint density at radius 2 is 1.89 bits per heavy atom. The van der Waals surface area contributed by atoms with Gasteiger partial charge in [0.25, 0.3) is 5.56 Å². The largest absolute Gasteiger partial charge is 0.461 e. The van der Waals surface area contributed by atoms with E-state index in [0.717, 1.165) is 35.1 Å². The predicted octanol–water partition coefficient (Wildman–Crippen LogP) is 4.16. The fraction of sp³-hybridized carbons (Fsp3) is 0.250. The minimum atomic E-state index is -0.229.